The predicted octanol–water partition coefficient (Wildman–Crippen LogP) is 4.11. The first-order valence-corrected chi connectivity index (χ1v) is 6.15. The third-order valence-corrected chi connectivity index (χ3v) is 3.08. The summed E-state index contributed by atoms with van der Waals surface area (Å²) >= 11 is 11.7. The monoisotopic (exact) mass is 316 g/mol. The van der Waals surface area contributed by atoms with Gasteiger partial charge in [0.15, 0.2) is 11.6 Å². The Balaban J connectivity index is 2.33. The van der Waals surface area contributed by atoms with Crippen molar-refractivity contribution in [1.29, 1.82) is 0 Å². The minimum atomic E-state index is -1.17. The van der Waals surface area contributed by atoms with Gasteiger partial charge in [-0.1, -0.05) is 23.2 Å². The summed E-state index contributed by atoms with van der Waals surface area (Å²) in [7, 11) is 0. The van der Waals surface area contributed by atoms with Crippen LogP contribution < -0.4 is 11.1 Å². The lowest BCUT2D eigenvalue weighted by molar-refractivity contribution is 0.102. The van der Waals surface area contributed by atoms with Gasteiger partial charge in [-0.25, -0.2) is 8.78 Å². The van der Waals surface area contributed by atoms with Gasteiger partial charge in [0, 0.05) is 16.8 Å². The third kappa shape index (κ3) is 3.00. The molecule has 20 heavy (non-hydrogen) atoms. The normalized spacial score (nSPS) is 10.4. The van der Waals surface area contributed by atoms with Crippen molar-refractivity contribution in [2.24, 2.45) is 0 Å². The molecule has 0 atom stereocenters. The molecule has 104 valence electrons. The van der Waals surface area contributed by atoms with Crippen LogP contribution in [0.5, 0.6) is 0 Å². The number of halogens is 4. The van der Waals surface area contributed by atoms with Crippen LogP contribution >= 0.6 is 23.2 Å². The van der Waals surface area contributed by atoms with Crippen LogP contribution in [0.2, 0.25) is 10.0 Å². The second-order valence-corrected chi connectivity index (χ2v) is 4.78. The molecule has 2 rings (SSSR count). The Morgan fingerprint density at radius 1 is 1.10 bits per heavy atom. The Morgan fingerprint density at radius 3 is 2.45 bits per heavy atom. The van der Waals surface area contributed by atoms with Crippen molar-refractivity contribution in [3.63, 3.8) is 0 Å². The molecular weight excluding hydrogens is 309 g/mol. The van der Waals surface area contributed by atoms with Crippen molar-refractivity contribution < 1.29 is 13.6 Å². The fraction of sp³-hybridized carbons (Fsp3) is 0. The third-order valence-electron chi connectivity index (χ3n) is 2.51. The van der Waals surface area contributed by atoms with Gasteiger partial charge in [-0.15, -0.1) is 0 Å². The highest BCUT2D eigenvalue weighted by molar-refractivity contribution is 6.36. The standard InChI is InChI=1S/C13H8Cl2F2N2O/c14-6-1-2-8(15)12(3-6)19-13(20)7-4-9(16)10(17)5-11(7)18/h1-5H,18H2,(H,19,20). The summed E-state index contributed by atoms with van der Waals surface area (Å²) < 4.78 is 26.1. The molecule has 0 aliphatic carbocycles. The van der Waals surface area contributed by atoms with Gasteiger partial charge in [0.2, 0.25) is 0 Å². The van der Waals surface area contributed by atoms with Gasteiger partial charge >= 0.3 is 0 Å². The molecular formula is C13H8Cl2F2N2O. The molecule has 3 N–H and O–H groups in total. The van der Waals surface area contributed by atoms with Crippen LogP contribution in [0.4, 0.5) is 20.2 Å². The average Bonchev–Trinajstić information content (AvgIpc) is 2.38. The minimum Gasteiger partial charge on any atom is -0.398 e. The number of nitrogen functional groups attached to an aromatic ring is 1. The van der Waals surface area contributed by atoms with Crippen molar-refractivity contribution in [2.75, 3.05) is 11.1 Å². The Hall–Kier alpha value is -1.85. The minimum absolute atomic E-state index is 0.181. The zero-order valence-electron chi connectivity index (χ0n) is 9.88. The number of carbonyl (C=O) groups is 1. The first-order chi connectivity index (χ1) is 9.38. The van der Waals surface area contributed by atoms with Crippen molar-refractivity contribution in [1.82, 2.24) is 0 Å². The maximum atomic E-state index is 13.1. The number of anilines is 2. The van der Waals surface area contributed by atoms with Gasteiger partial charge in [0.25, 0.3) is 5.91 Å². The smallest absolute Gasteiger partial charge is 0.257 e. The Labute approximate surface area is 123 Å². The van der Waals surface area contributed by atoms with Crippen LogP contribution in [0.1, 0.15) is 10.4 Å². The molecule has 7 heteroatoms. The number of nitrogens with two attached hydrogens (primary N) is 1. The number of hydrogen-bond donors (Lipinski definition) is 2. The van der Waals surface area contributed by atoms with Gasteiger partial charge in [0.1, 0.15) is 0 Å². The summed E-state index contributed by atoms with van der Waals surface area (Å²) in [6.07, 6.45) is 0. The van der Waals surface area contributed by atoms with E-state index in [1.165, 1.54) is 12.1 Å². The van der Waals surface area contributed by atoms with Crippen LogP contribution in [0.3, 0.4) is 0 Å². The molecule has 0 aromatic heterocycles. The number of amides is 1. The Morgan fingerprint density at radius 2 is 1.75 bits per heavy atom. The molecule has 0 unspecified atom stereocenters. The number of rotatable bonds is 2. The van der Waals surface area contributed by atoms with Gasteiger partial charge in [-0.2, -0.15) is 0 Å². The fourth-order valence-electron chi connectivity index (χ4n) is 1.54. The summed E-state index contributed by atoms with van der Waals surface area (Å²) in [6.45, 7) is 0. The number of hydrogen-bond acceptors (Lipinski definition) is 2. The molecule has 0 bridgehead atoms. The molecule has 0 saturated carbocycles. The van der Waals surface area contributed by atoms with E-state index in [0.29, 0.717) is 5.02 Å². The predicted molar refractivity (Wildman–Crippen MR) is 75.2 cm³/mol. The van der Waals surface area contributed by atoms with Gasteiger partial charge < -0.3 is 11.1 Å². The number of nitrogens with one attached hydrogen (secondary N) is 1. The second kappa shape index (κ2) is 5.64. The SMILES string of the molecule is Nc1cc(F)c(F)cc1C(=O)Nc1cc(Cl)ccc1Cl. The Kier molecular flexibility index (Phi) is 4.11. The lowest BCUT2D eigenvalue weighted by Gasteiger charge is -2.10. The largest absolute Gasteiger partial charge is 0.398 e. The van der Waals surface area contributed by atoms with E-state index in [2.05, 4.69) is 5.32 Å². The van der Waals surface area contributed by atoms with E-state index in [1.54, 1.807) is 6.07 Å². The first-order valence-electron chi connectivity index (χ1n) is 5.39. The fourth-order valence-corrected chi connectivity index (χ4v) is 1.88. The van der Waals surface area contributed by atoms with Crippen LogP contribution in [0.15, 0.2) is 30.3 Å². The van der Waals surface area contributed by atoms with E-state index in [9.17, 15) is 13.6 Å². The lowest BCUT2D eigenvalue weighted by Crippen LogP contribution is -2.15. The molecule has 0 aliphatic heterocycles. The van der Waals surface area contributed by atoms with E-state index in [1.807, 2.05) is 0 Å². The average molecular weight is 317 g/mol. The molecule has 0 saturated heterocycles. The summed E-state index contributed by atoms with van der Waals surface area (Å²) in [4.78, 5) is 12.0. The van der Waals surface area contributed by atoms with Crippen LogP contribution in [0.25, 0.3) is 0 Å². The Bertz CT molecular complexity index is 692. The zero-order valence-corrected chi connectivity index (χ0v) is 11.4. The van der Waals surface area contributed by atoms with E-state index in [-0.39, 0.29) is 22.0 Å². The highest BCUT2D eigenvalue weighted by Crippen LogP contribution is 2.26. The summed E-state index contributed by atoms with van der Waals surface area (Å²) in [5.41, 5.74) is 5.35. The van der Waals surface area contributed by atoms with Crippen molar-refractivity contribution in [3.05, 3.63) is 57.6 Å². The topological polar surface area (TPSA) is 55.1 Å². The first kappa shape index (κ1) is 14.6. The lowest BCUT2D eigenvalue weighted by atomic mass is 10.1. The highest BCUT2D eigenvalue weighted by Gasteiger charge is 2.15. The molecule has 0 spiro atoms. The van der Waals surface area contributed by atoms with Crippen LogP contribution in [-0.2, 0) is 0 Å². The molecule has 2 aromatic carbocycles. The van der Waals surface area contributed by atoms with Crippen molar-refractivity contribution in [2.45, 2.75) is 0 Å². The highest BCUT2D eigenvalue weighted by atomic mass is 35.5. The van der Waals surface area contributed by atoms with Gasteiger partial charge in [-0.3, -0.25) is 4.79 Å². The zero-order chi connectivity index (χ0) is 14.9. The van der Waals surface area contributed by atoms with E-state index >= 15 is 0 Å². The molecule has 1 amide bonds. The summed E-state index contributed by atoms with van der Waals surface area (Å²) in [5.74, 6) is -3.01. The molecule has 0 radical (unpaired) electrons. The van der Waals surface area contributed by atoms with E-state index < -0.39 is 17.5 Å². The summed E-state index contributed by atoms with van der Waals surface area (Å²) in [5, 5.41) is 3.05. The molecule has 0 heterocycles. The van der Waals surface area contributed by atoms with Gasteiger partial charge in [0.05, 0.1) is 16.3 Å². The van der Waals surface area contributed by atoms with E-state index in [0.717, 1.165) is 12.1 Å². The van der Waals surface area contributed by atoms with E-state index in [4.69, 9.17) is 28.9 Å². The van der Waals surface area contributed by atoms with Crippen molar-refractivity contribution in [3.8, 4) is 0 Å². The van der Waals surface area contributed by atoms with Gasteiger partial charge in [-0.05, 0) is 24.3 Å². The molecule has 0 fully saturated rings. The maximum absolute atomic E-state index is 13.1. The van der Waals surface area contributed by atoms with Crippen LogP contribution in [0, 0.1) is 11.6 Å². The molecule has 3 nitrogen and oxygen atoms in total. The molecule has 0 aliphatic rings. The number of carbonyl (C=O) groups excluding carboxylic acids is 1. The van der Waals surface area contributed by atoms with Crippen molar-refractivity contribution >= 4 is 40.5 Å². The second-order valence-electron chi connectivity index (χ2n) is 3.93. The summed E-state index contributed by atoms with van der Waals surface area (Å²) in [6, 6.07) is 5.93. The quantitative estimate of drug-likeness (QED) is 0.819. The maximum Gasteiger partial charge on any atom is 0.257 e. The number of benzene rings is 2. The van der Waals surface area contributed by atoms with Crippen LogP contribution in [-0.4, -0.2) is 5.91 Å². The molecule has 2 aromatic rings.